The molecule has 1 heterocycles. The predicted molar refractivity (Wildman–Crippen MR) is 61.0 cm³/mol. The van der Waals surface area contributed by atoms with Gasteiger partial charge in [-0.2, -0.15) is 0 Å². The van der Waals surface area contributed by atoms with Crippen LogP contribution in [0.15, 0.2) is 12.4 Å². The van der Waals surface area contributed by atoms with Crippen LogP contribution in [0.5, 0.6) is 0 Å². The lowest BCUT2D eigenvalue weighted by Crippen LogP contribution is -2.23. The fourth-order valence-corrected chi connectivity index (χ4v) is 1.96. The molecular weight excluding hydrogens is 204 g/mol. The molecule has 5 nitrogen and oxygen atoms in total. The molecular formula is C11H16N4O. The van der Waals surface area contributed by atoms with Crippen molar-refractivity contribution in [2.45, 2.75) is 38.1 Å². The van der Waals surface area contributed by atoms with Crippen molar-refractivity contribution in [2.24, 2.45) is 5.73 Å². The van der Waals surface area contributed by atoms with Crippen molar-refractivity contribution in [3.8, 4) is 0 Å². The van der Waals surface area contributed by atoms with E-state index in [1.165, 1.54) is 44.5 Å². The molecule has 3 N–H and O–H groups in total. The first kappa shape index (κ1) is 10.9. The van der Waals surface area contributed by atoms with E-state index >= 15 is 0 Å². The zero-order chi connectivity index (χ0) is 11.4. The molecule has 0 radical (unpaired) electrons. The number of amides is 1. The van der Waals surface area contributed by atoms with Crippen LogP contribution in [-0.2, 0) is 0 Å². The quantitative estimate of drug-likeness (QED) is 0.805. The summed E-state index contributed by atoms with van der Waals surface area (Å²) in [6.45, 7) is 0. The van der Waals surface area contributed by atoms with Gasteiger partial charge in [-0.15, -0.1) is 0 Å². The smallest absolute Gasteiger partial charge is 0.251 e. The van der Waals surface area contributed by atoms with Crippen molar-refractivity contribution in [2.75, 3.05) is 5.32 Å². The summed E-state index contributed by atoms with van der Waals surface area (Å²) < 4.78 is 0. The van der Waals surface area contributed by atoms with Gasteiger partial charge in [-0.1, -0.05) is 19.3 Å². The number of hydrogen-bond donors (Lipinski definition) is 2. The van der Waals surface area contributed by atoms with E-state index in [0.29, 0.717) is 17.6 Å². The number of anilines is 1. The maximum Gasteiger partial charge on any atom is 0.251 e. The number of nitrogens with zero attached hydrogens (tertiary/aromatic N) is 2. The first-order valence-corrected chi connectivity index (χ1v) is 5.64. The van der Waals surface area contributed by atoms with Gasteiger partial charge in [-0.05, 0) is 12.8 Å². The van der Waals surface area contributed by atoms with E-state index in [4.69, 9.17) is 5.73 Å². The van der Waals surface area contributed by atoms with Crippen LogP contribution < -0.4 is 11.1 Å². The molecule has 1 aromatic heterocycles. The number of carbonyl (C=O) groups is 1. The van der Waals surface area contributed by atoms with E-state index in [0.717, 1.165) is 0 Å². The van der Waals surface area contributed by atoms with Crippen LogP contribution in [0.25, 0.3) is 0 Å². The van der Waals surface area contributed by atoms with Crippen LogP contribution in [0, 0.1) is 0 Å². The summed E-state index contributed by atoms with van der Waals surface area (Å²) >= 11 is 0. The van der Waals surface area contributed by atoms with Gasteiger partial charge < -0.3 is 11.1 Å². The van der Waals surface area contributed by atoms with Gasteiger partial charge in [-0.25, -0.2) is 9.97 Å². The second-order valence-corrected chi connectivity index (χ2v) is 4.14. The molecule has 1 aromatic rings. The molecule has 2 rings (SSSR count). The Balaban J connectivity index is 1.96. The fourth-order valence-electron chi connectivity index (χ4n) is 1.96. The fraction of sp³-hybridized carbons (Fsp3) is 0.545. The highest BCUT2D eigenvalue weighted by molar-refractivity contribution is 5.92. The van der Waals surface area contributed by atoms with Crippen molar-refractivity contribution in [3.63, 3.8) is 0 Å². The van der Waals surface area contributed by atoms with Crippen LogP contribution in [0.1, 0.15) is 42.5 Å². The maximum absolute atomic E-state index is 10.8. The Morgan fingerprint density at radius 2 is 1.88 bits per heavy atom. The predicted octanol–water partition coefficient (Wildman–Crippen LogP) is 1.32. The maximum atomic E-state index is 10.8. The van der Waals surface area contributed by atoms with E-state index in [9.17, 15) is 4.79 Å². The lowest BCUT2D eigenvalue weighted by Gasteiger charge is -2.22. The van der Waals surface area contributed by atoms with Crippen molar-refractivity contribution in [1.82, 2.24) is 9.97 Å². The first-order chi connectivity index (χ1) is 7.75. The molecule has 86 valence electrons. The minimum absolute atomic E-state index is 0.342. The molecule has 1 aliphatic carbocycles. The van der Waals surface area contributed by atoms with Crippen LogP contribution in [0.4, 0.5) is 5.95 Å². The largest absolute Gasteiger partial charge is 0.366 e. The number of primary amides is 1. The summed E-state index contributed by atoms with van der Waals surface area (Å²) in [5.41, 5.74) is 5.45. The Morgan fingerprint density at radius 1 is 1.25 bits per heavy atom. The van der Waals surface area contributed by atoms with Crippen molar-refractivity contribution in [3.05, 3.63) is 18.0 Å². The van der Waals surface area contributed by atoms with Gasteiger partial charge in [0, 0.05) is 18.4 Å². The average molecular weight is 220 g/mol. The molecule has 1 aliphatic rings. The van der Waals surface area contributed by atoms with Crippen LogP contribution >= 0.6 is 0 Å². The summed E-state index contributed by atoms with van der Waals surface area (Å²) in [5, 5.41) is 3.27. The monoisotopic (exact) mass is 220 g/mol. The SMILES string of the molecule is NC(=O)c1cnc(NC2CCCCC2)nc1. The summed E-state index contributed by atoms with van der Waals surface area (Å²) in [4.78, 5) is 19.0. The Bertz CT molecular complexity index is 357. The molecule has 0 saturated heterocycles. The van der Waals surface area contributed by atoms with Gasteiger partial charge in [-0.3, -0.25) is 4.79 Å². The molecule has 1 amide bonds. The average Bonchev–Trinajstić information content (AvgIpc) is 2.31. The molecule has 0 atom stereocenters. The first-order valence-electron chi connectivity index (χ1n) is 5.64. The number of rotatable bonds is 3. The Labute approximate surface area is 94.5 Å². The summed E-state index contributed by atoms with van der Waals surface area (Å²) in [7, 11) is 0. The molecule has 1 saturated carbocycles. The van der Waals surface area contributed by atoms with Gasteiger partial charge in [0.1, 0.15) is 0 Å². The number of nitrogens with two attached hydrogens (primary N) is 1. The summed E-state index contributed by atoms with van der Waals surface area (Å²) in [6, 6.07) is 0.466. The van der Waals surface area contributed by atoms with Crippen LogP contribution in [0.2, 0.25) is 0 Å². The summed E-state index contributed by atoms with van der Waals surface area (Å²) in [5.74, 6) is 0.0844. The normalized spacial score (nSPS) is 17.0. The third kappa shape index (κ3) is 2.68. The lowest BCUT2D eigenvalue weighted by atomic mass is 9.96. The van der Waals surface area contributed by atoms with Crippen molar-refractivity contribution in [1.29, 1.82) is 0 Å². The van der Waals surface area contributed by atoms with Crippen LogP contribution in [-0.4, -0.2) is 21.9 Å². The van der Waals surface area contributed by atoms with E-state index in [2.05, 4.69) is 15.3 Å². The standard InChI is InChI=1S/C11H16N4O/c12-10(16)8-6-13-11(14-7-8)15-9-4-2-1-3-5-9/h6-7,9H,1-5H2,(H2,12,16)(H,13,14,15). The second-order valence-electron chi connectivity index (χ2n) is 4.14. The molecule has 1 fully saturated rings. The molecule has 0 spiro atoms. The van der Waals surface area contributed by atoms with E-state index in [-0.39, 0.29) is 0 Å². The number of aromatic nitrogens is 2. The third-order valence-corrected chi connectivity index (χ3v) is 2.87. The highest BCUT2D eigenvalue weighted by Crippen LogP contribution is 2.19. The minimum atomic E-state index is -0.496. The third-order valence-electron chi connectivity index (χ3n) is 2.87. The number of carbonyl (C=O) groups excluding carboxylic acids is 1. The zero-order valence-corrected chi connectivity index (χ0v) is 9.15. The molecule has 5 heteroatoms. The van der Waals surface area contributed by atoms with Crippen LogP contribution in [0.3, 0.4) is 0 Å². The Morgan fingerprint density at radius 3 is 2.44 bits per heavy atom. The highest BCUT2D eigenvalue weighted by atomic mass is 16.1. The zero-order valence-electron chi connectivity index (χ0n) is 9.15. The van der Waals surface area contributed by atoms with E-state index in [1.54, 1.807) is 0 Å². The van der Waals surface area contributed by atoms with Gasteiger partial charge in [0.15, 0.2) is 0 Å². The van der Waals surface area contributed by atoms with Gasteiger partial charge in [0.05, 0.1) is 5.56 Å². The number of hydrogen-bond acceptors (Lipinski definition) is 4. The Hall–Kier alpha value is -1.65. The minimum Gasteiger partial charge on any atom is -0.366 e. The molecule has 16 heavy (non-hydrogen) atoms. The van der Waals surface area contributed by atoms with E-state index in [1.807, 2.05) is 0 Å². The molecule has 0 bridgehead atoms. The van der Waals surface area contributed by atoms with E-state index < -0.39 is 5.91 Å². The van der Waals surface area contributed by atoms with Crippen molar-refractivity contribution < 1.29 is 4.79 Å². The molecule has 0 aliphatic heterocycles. The topological polar surface area (TPSA) is 80.9 Å². The van der Waals surface area contributed by atoms with Gasteiger partial charge in [0.25, 0.3) is 5.91 Å². The lowest BCUT2D eigenvalue weighted by molar-refractivity contribution is 0.0999. The van der Waals surface area contributed by atoms with Crippen molar-refractivity contribution >= 4 is 11.9 Å². The summed E-state index contributed by atoms with van der Waals surface area (Å²) in [6.07, 6.45) is 9.09. The number of nitrogens with one attached hydrogen (secondary N) is 1. The second kappa shape index (κ2) is 4.92. The van der Waals surface area contributed by atoms with Gasteiger partial charge >= 0.3 is 0 Å². The molecule has 0 aromatic carbocycles. The highest BCUT2D eigenvalue weighted by Gasteiger charge is 2.13. The molecule has 0 unspecified atom stereocenters. The Kier molecular flexibility index (Phi) is 3.34. The van der Waals surface area contributed by atoms with Gasteiger partial charge in [0.2, 0.25) is 5.95 Å².